The molecule has 1 heterocycles. The first kappa shape index (κ1) is 32.3. The van der Waals surface area contributed by atoms with Gasteiger partial charge in [-0.3, -0.25) is 9.36 Å². The second kappa shape index (κ2) is 13.0. The molecule has 1 atom stereocenters. The maximum Gasteiger partial charge on any atom is 0.416 e. The number of carbonyl (C=O) groups is 1. The van der Waals surface area contributed by atoms with Crippen molar-refractivity contribution >= 4 is 22.6 Å². The van der Waals surface area contributed by atoms with Crippen molar-refractivity contribution in [2.75, 3.05) is 32.7 Å². The normalized spacial score (nSPS) is 12.7. The minimum atomic E-state index is -5.11. The molecule has 0 bridgehead atoms. The van der Waals surface area contributed by atoms with Crippen LogP contribution in [0.1, 0.15) is 36.3 Å². The number of fused-ring (bicyclic) bond motifs is 1. The molecule has 4 rings (SSSR count). The van der Waals surface area contributed by atoms with Crippen molar-refractivity contribution in [3.8, 4) is 11.4 Å². The van der Waals surface area contributed by atoms with E-state index in [0.717, 1.165) is 4.90 Å². The second-order valence-corrected chi connectivity index (χ2v) is 9.66. The van der Waals surface area contributed by atoms with Crippen LogP contribution in [-0.4, -0.2) is 47.9 Å². The Kier molecular flexibility index (Phi) is 9.52. The van der Waals surface area contributed by atoms with Gasteiger partial charge >= 0.3 is 18.4 Å². The van der Waals surface area contributed by atoms with E-state index in [-0.39, 0.29) is 31.5 Å². The van der Waals surface area contributed by atoms with E-state index in [1.807, 2.05) is 0 Å². The van der Waals surface area contributed by atoms with Crippen LogP contribution in [0.25, 0.3) is 16.6 Å². The van der Waals surface area contributed by atoms with Crippen LogP contribution in [0.5, 0.6) is 5.75 Å². The monoisotopic (exact) mass is 622 g/mol. The lowest BCUT2D eigenvalue weighted by Crippen LogP contribution is -2.42. The van der Waals surface area contributed by atoms with Crippen LogP contribution in [0.2, 0.25) is 0 Å². The number of amides is 2. The number of ether oxygens (including phenoxy) is 2. The highest BCUT2D eigenvalue weighted by atomic mass is 19.4. The first-order chi connectivity index (χ1) is 20.8. The van der Waals surface area contributed by atoms with E-state index >= 15 is 0 Å². The molecule has 0 saturated carbocycles. The summed E-state index contributed by atoms with van der Waals surface area (Å²) in [5, 5.41) is 2.48. The zero-order valence-electron chi connectivity index (χ0n) is 23.8. The Labute approximate surface area is 247 Å². The van der Waals surface area contributed by atoms with Crippen LogP contribution < -0.4 is 15.6 Å². The molecule has 44 heavy (non-hydrogen) atoms. The summed E-state index contributed by atoms with van der Waals surface area (Å²) < 4.78 is 92.5. The molecular formula is C30H28F6N4O4. The van der Waals surface area contributed by atoms with Crippen molar-refractivity contribution in [2.45, 2.75) is 31.7 Å². The lowest BCUT2D eigenvalue weighted by molar-refractivity contribution is -0.143. The number of hydrogen-bond acceptors (Lipinski definition) is 5. The summed E-state index contributed by atoms with van der Waals surface area (Å²) in [5.41, 5.74) is -3.61. The molecule has 0 saturated heterocycles. The highest BCUT2D eigenvalue weighted by molar-refractivity contribution is 5.90. The molecule has 8 nitrogen and oxygen atoms in total. The number of urea groups is 1. The fourth-order valence-corrected chi connectivity index (χ4v) is 4.71. The average Bonchev–Trinajstić information content (AvgIpc) is 2.98. The van der Waals surface area contributed by atoms with Crippen LogP contribution in [0.15, 0.2) is 71.5 Å². The fourth-order valence-electron chi connectivity index (χ4n) is 4.71. The van der Waals surface area contributed by atoms with E-state index in [0.29, 0.717) is 34.5 Å². The Balaban J connectivity index is 1.86. The van der Waals surface area contributed by atoms with Gasteiger partial charge in [0.2, 0.25) is 0 Å². The summed E-state index contributed by atoms with van der Waals surface area (Å²) >= 11 is 0. The molecule has 234 valence electrons. The smallest absolute Gasteiger partial charge is 0.416 e. The number of hydrogen-bond donors (Lipinski definition) is 1. The minimum absolute atomic E-state index is 0.0280. The highest BCUT2D eigenvalue weighted by Crippen LogP contribution is 2.38. The van der Waals surface area contributed by atoms with Crippen LogP contribution in [0.4, 0.5) is 36.8 Å². The molecule has 0 aliphatic rings. The van der Waals surface area contributed by atoms with Gasteiger partial charge in [0, 0.05) is 19.3 Å². The Morgan fingerprint density at radius 2 is 1.57 bits per heavy atom. The fraction of sp³-hybridized carbons (Fsp3) is 0.300. The number of carbonyl (C=O) groups excluding carboxylic acids is 1. The molecule has 1 aromatic heterocycles. The van der Waals surface area contributed by atoms with E-state index in [2.05, 4.69) is 5.32 Å². The molecule has 2 amide bonds. The van der Waals surface area contributed by atoms with E-state index in [9.17, 15) is 35.9 Å². The van der Waals surface area contributed by atoms with Crippen LogP contribution in [-0.2, 0) is 17.1 Å². The lowest BCUT2D eigenvalue weighted by Gasteiger charge is -2.32. The molecule has 0 spiro atoms. The second-order valence-electron chi connectivity index (χ2n) is 9.66. The summed E-state index contributed by atoms with van der Waals surface area (Å²) in [4.78, 5) is 33.3. The quantitative estimate of drug-likeness (QED) is 0.202. The molecule has 0 aliphatic carbocycles. The molecule has 1 N–H and O–H groups in total. The minimum Gasteiger partial charge on any atom is -0.497 e. The van der Waals surface area contributed by atoms with Crippen molar-refractivity contribution < 1.29 is 40.6 Å². The Bertz CT molecular complexity index is 1650. The maximum absolute atomic E-state index is 13.8. The number of methoxy groups -OCH3 is 2. The van der Waals surface area contributed by atoms with Crippen molar-refractivity contribution in [3.05, 3.63) is 94.0 Å². The molecule has 14 heteroatoms. The predicted molar refractivity (Wildman–Crippen MR) is 151 cm³/mol. The van der Waals surface area contributed by atoms with Gasteiger partial charge in [0.25, 0.3) is 5.56 Å². The summed E-state index contributed by atoms with van der Waals surface area (Å²) in [6.45, 7) is 1.52. The summed E-state index contributed by atoms with van der Waals surface area (Å²) in [6.07, 6.45) is -10.0. The molecule has 4 aromatic rings. The van der Waals surface area contributed by atoms with Gasteiger partial charge in [-0.25, -0.2) is 9.78 Å². The van der Waals surface area contributed by atoms with Crippen molar-refractivity contribution in [1.29, 1.82) is 0 Å². The number of alkyl halides is 6. The first-order valence-corrected chi connectivity index (χ1v) is 13.3. The number of nitrogens with zero attached hydrogens (tertiary/aromatic N) is 3. The Morgan fingerprint density at radius 3 is 2.11 bits per heavy atom. The SMILES string of the molecule is CCC(c1nc2ccccc2c(=O)n1-c1ccc(OC)cc1)N(CCOC)C(=O)Nc1cc(C(F)(F)F)cc(C(F)(F)F)c1. The molecule has 0 aliphatic heterocycles. The van der Waals surface area contributed by atoms with Crippen LogP contribution in [0, 0.1) is 0 Å². The van der Waals surface area contributed by atoms with Crippen molar-refractivity contribution in [1.82, 2.24) is 14.5 Å². The Morgan fingerprint density at radius 1 is 0.955 bits per heavy atom. The van der Waals surface area contributed by atoms with Crippen LogP contribution in [0.3, 0.4) is 0 Å². The van der Waals surface area contributed by atoms with Crippen molar-refractivity contribution in [2.24, 2.45) is 0 Å². The van der Waals surface area contributed by atoms with Gasteiger partial charge in [-0.15, -0.1) is 0 Å². The van der Waals surface area contributed by atoms with Gasteiger partial charge in [0.15, 0.2) is 0 Å². The van der Waals surface area contributed by atoms with E-state index in [4.69, 9.17) is 14.5 Å². The van der Waals surface area contributed by atoms with Gasteiger partial charge < -0.3 is 19.7 Å². The zero-order valence-corrected chi connectivity index (χ0v) is 23.8. The van der Waals surface area contributed by atoms with Gasteiger partial charge in [0.1, 0.15) is 11.6 Å². The molecule has 0 fully saturated rings. The summed E-state index contributed by atoms with van der Waals surface area (Å²) in [7, 11) is 2.84. The standard InChI is InChI=1S/C30H28F6N4O4/c1-4-25(26-38-24-8-6-5-7-23(24)27(41)40(26)21-9-11-22(44-3)12-10-21)39(13-14-43-2)28(42)37-20-16-18(29(31,32)33)15-19(17-20)30(34,35)36/h5-12,15-17,25H,4,13-14H2,1-3H3,(H,37,42). The topological polar surface area (TPSA) is 85.7 Å². The first-order valence-electron chi connectivity index (χ1n) is 13.3. The third-order valence-electron chi connectivity index (χ3n) is 6.83. The number of anilines is 1. The summed E-state index contributed by atoms with van der Waals surface area (Å²) in [5.74, 6) is 0.636. The third kappa shape index (κ3) is 6.96. The number of para-hydroxylation sites is 1. The number of nitrogens with one attached hydrogen (secondary N) is 1. The zero-order chi connectivity index (χ0) is 32.2. The van der Waals surface area contributed by atoms with Crippen LogP contribution >= 0.6 is 0 Å². The van der Waals surface area contributed by atoms with E-state index in [1.165, 1.54) is 18.8 Å². The number of halogens is 6. The summed E-state index contributed by atoms with van der Waals surface area (Å²) in [6, 6.07) is 11.9. The van der Waals surface area contributed by atoms with Crippen molar-refractivity contribution in [3.63, 3.8) is 0 Å². The molecular weight excluding hydrogens is 594 g/mol. The Hall–Kier alpha value is -4.59. The average molecular weight is 623 g/mol. The van der Waals surface area contributed by atoms with E-state index in [1.54, 1.807) is 55.5 Å². The maximum atomic E-state index is 13.8. The predicted octanol–water partition coefficient (Wildman–Crippen LogP) is 7.06. The lowest BCUT2D eigenvalue weighted by atomic mass is 10.1. The third-order valence-corrected chi connectivity index (χ3v) is 6.83. The molecule has 0 radical (unpaired) electrons. The van der Waals surface area contributed by atoms with Gasteiger partial charge in [-0.2, -0.15) is 26.3 Å². The number of rotatable bonds is 9. The molecule has 3 aromatic carbocycles. The molecule has 1 unspecified atom stereocenters. The number of aromatic nitrogens is 2. The highest BCUT2D eigenvalue weighted by Gasteiger charge is 2.37. The van der Waals surface area contributed by atoms with E-state index < -0.39 is 46.8 Å². The van der Waals surface area contributed by atoms with Gasteiger partial charge in [0.05, 0.1) is 47.5 Å². The van der Waals surface area contributed by atoms with Gasteiger partial charge in [-0.1, -0.05) is 19.1 Å². The number of benzene rings is 3. The van der Waals surface area contributed by atoms with Gasteiger partial charge in [-0.05, 0) is 61.0 Å². The largest absolute Gasteiger partial charge is 0.497 e.